The molecule has 0 radical (unpaired) electrons. The van der Waals surface area contributed by atoms with Gasteiger partial charge in [-0.2, -0.15) is 0 Å². The molecule has 1 aliphatic heterocycles. The summed E-state index contributed by atoms with van der Waals surface area (Å²) < 4.78 is 0. The first-order chi connectivity index (χ1) is 5.90. The van der Waals surface area contributed by atoms with E-state index in [4.69, 9.17) is 0 Å². The van der Waals surface area contributed by atoms with E-state index in [2.05, 4.69) is 22.9 Å². The molecule has 0 aliphatic carbocycles. The number of hydrogen-bond donors (Lipinski definition) is 0. The van der Waals surface area contributed by atoms with Crippen molar-refractivity contribution in [1.29, 1.82) is 0 Å². The average molecular weight is 179 g/mol. The van der Waals surface area contributed by atoms with Crippen LogP contribution in [0.4, 0.5) is 0 Å². The molecule has 0 aromatic carbocycles. The monoisotopic (exact) mass is 179 g/mol. The second-order valence-electron chi connectivity index (χ2n) is 3.14. The zero-order valence-electron chi connectivity index (χ0n) is 7.12. The molecular formula is C10H13NS. The van der Waals surface area contributed by atoms with Crippen molar-refractivity contribution in [3.63, 3.8) is 0 Å². The molecule has 0 N–H and O–H groups in total. The fraction of sp³-hybridized carbons (Fsp3) is 0.400. The lowest BCUT2D eigenvalue weighted by molar-refractivity contribution is 0.286. The molecule has 0 atom stereocenters. The number of thiophene rings is 1. The normalized spacial score (nSPS) is 17.3. The van der Waals surface area contributed by atoms with Gasteiger partial charge in [-0.25, -0.2) is 0 Å². The lowest BCUT2D eigenvalue weighted by Crippen LogP contribution is -2.29. The fourth-order valence-corrected chi connectivity index (χ4v) is 2.60. The van der Waals surface area contributed by atoms with Gasteiger partial charge in [0.05, 0.1) is 0 Å². The van der Waals surface area contributed by atoms with Gasteiger partial charge in [-0.3, -0.25) is 4.90 Å². The maximum absolute atomic E-state index is 3.76. The predicted octanol–water partition coefficient (Wildman–Crippen LogP) is 2.29. The summed E-state index contributed by atoms with van der Waals surface area (Å²) in [6.45, 7) is 7.10. The smallest absolute Gasteiger partial charge is 0.0334 e. The highest BCUT2D eigenvalue weighted by molar-refractivity contribution is 7.10. The fourth-order valence-electron chi connectivity index (χ4n) is 1.63. The summed E-state index contributed by atoms with van der Waals surface area (Å²) in [6, 6.07) is 2.26. The van der Waals surface area contributed by atoms with Crippen LogP contribution in [-0.2, 0) is 13.0 Å². The van der Waals surface area contributed by atoms with Crippen LogP contribution >= 0.6 is 11.3 Å². The molecule has 0 bridgehead atoms. The number of rotatable bonds is 2. The van der Waals surface area contributed by atoms with Crippen molar-refractivity contribution in [2.45, 2.75) is 13.0 Å². The van der Waals surface area contributed by atoms with E-state index in [0.29, 0.717) is 0 Å². The molecule has 0 amide bonds. The van der Waals surface area contributed by atoms with Gasteiger partial charge in [0.2, 0.25) is 0 Å². The van der Waals surface area contributed by atoms with Gasteiger partial charge >= 0.3 is 0 Å². The summed E-state index contributed by atoms with van der Waals surface area (Å²) in [4.78, 5) is 3.98. The van der Waals surface area contributed by atoms with Crippen molar-refractivity contribution >= 4 is 11.3 Å². The Kier molecular flexibility index (Phi) is 2.28. The molecule has 12 heavy (non-hydrogen) atoms. The molecule has 0 saturated heterocycles. The van der Waals surface area contributed by atoms with Crippen molar-refractivity contribution in [2.24, 2.45) is 0 Å². The molecule has 1 aromatic rings. The summed E-state index contributed by atoms with van der Waals surface area (Å²) in [5, 5.41) is 2.20. The van der Waals surface area contributed by atoms with Crippen LogP contribution in [-0.4, -0.2) is 18.0 Å². The van der Waals surface area contributed by atoms with Crippen molar-refractivity contribution in [2.75, 3.05) is 13.1 Å². The second-order valence-corrected chi connectivity index (χ2v) is 4.14. The van der Waals surface area contributed by atoms with Gasteiger partial charge in [0.25, 0.3) is 0 Å². The van der Waals surface area contributed by atoms with Crippen molar-refractivity contribution < 1.29 is 0 Å². The van der Waals surface area contributed by atoms with Crippen LogP contribution in [0, 0.1) is 0 Å². The molecule has 1 nitrogen and oxygen atoms in total. The zero-order chi connectivity index (χ0) is 8.39. The van der Waals surface area contributed by atoms with Gasteiger partial charge in [-0.1, -0.05) is 6.08 Å². The molecule has 2 heteroatoms. The first-order valence-electron chi connectivity index (χ1n) is 4.28. The first-order valence-corrected chi connectivity index (χ1v) is 5.16. The Bertz CT molecular complexity index is 277. The topological polar surface area (TPSA) is 3.24 Å². The summed E-state index contributed by atoms with van der Waals surface area (Å²) in [6.07, 6.45) is 3.20. The molecule has 64 valence electrons. The summed E-state index contributed by atoms with van der Waals surface area (Å²) in [5.41, 5.74) is 1.56. The predicted molar refractivity (Wildman–Crippen MR) is 53.5 cm³/mol. The second kappa shape index (κ2) is 3.42. The van der Waals surface area contributed by atoms with Crippen LogP contribution in [0.5, 0.6) is 0 Å². The van der Waals surface area contributed by atoms with Crippen LogP contribution in [0.3, 0.4) is 0 Å². The Labute approximate surface area is 77.3 Å². The minimum atomic E-state index is 1.03. The summed E-state index contributed by atoms with van der Waals surface area (Å²) >= 11 is 1.88. The van der Waals surface area contributed by atoms with Gasteiger partial charge in [0, 0.05) is 24.5 Å². The molecule has 1 aromatic heterocycles. The van der Waals surface area contributed by atoms with E-state index in [-0.39, 0.29) is 0 Å². The van der Waals surface area contributed by atoms with E-state index >= 15 is 0 Å². The lowest BCUT2D eigenvalue weighted by Gasteiger charge is -2.25. The van der Waals surface area contributed by atoms with Gasteiger partial charge in [0.15, 0.2) is 0 Å². The van der Waals surface area contributed by atoms with Crippen molar-refractivity contribution in [1.82, 2.24) is 4.90 Å². The Morgan fingerprint density at radius 2 is 2.58 bits per heavy atom. The quantitative estimate of drug-likeness (QED) is 0.630. The SMILES string of the molecule is C=CCN1CCc2ccsc2C1. The highest BCUT2D eigenvalue weighted by atomic mass is 32.1. The molecule has 0 fully saturated rings. The Hall–Kier alpha value is -0.600. The minimum Gasteiger partial charge on any atom is -0.294 e. The van der Waals surface area contributed by atoms with Gasteiger partial charge in [-0.15, -0.1) is 17.9 Å². The van der Waals surface area contributed by atoms with Crippen LogP contribution < -0.4 is 0 Å². The molecule has 0 unspecified atom stereocenters. The molecule has 0 spiro atoms. The lowest BCUT2D eigenvalue weighted by atomic mass is 10.1. The van der Waals surface area contributed by atoms with Crippen molar-refractivity contribution in [3.8, 4) is 0 Å². The highest BCUT2D eigenvalue weighted by Crippen LogP contribution is 2.23. The van der Waals surface area contributed by atoms with E-state index in [9.17, 15) is 0 Å². The Morgan fingerprint density at radius 3 is 3.42 bits per heavy atom. The third kappa shape index (κ3) is 1.45. The standard InChI is InChI=1S/C10H13NS/c1-2-5-11-6-3-9-4-7-12-10(9)8-11/h2,4,7H,1,3,5-6,8H2. The minimum absolute atomic E-state index is 1.03. The largest absolute Gasteiger partial charge is 0.294 e. The van der Waals surface area contributed by atoms with Crippen LogP contribution in [0.1, 0.15) is 10.4 Å². The van der Waals surface area contributed by atoms with Crippen LogP contribution in [0.15, 0.2) is 24.1 Å². The van der Waals surface area contributed by atoms with Crippen LogP contribution in [0.2, 0.25) is 0 Å². The number of fused-ring (bicyclic) bond motifs is 1. The summed E-state index contributed by atoms with van der Waals surface area (Å²) in [5.74, 6) is 0. The van der Waals surface area contributed by atoms with E-state index in [1.54, 1.807) is 10.4 Å². The van der Waals surface area contributed by atoms with Crippen LogP contribution in [0.25, 0.3) is 0 Å². The number of hydrogen-bond acceptors (Lipinski definition) is 2. The Morgan fingerprint density at radius 1 is 1.67 bits per heavy atom. The first kappa shape index (κ1) is 8.02. The zero-order valence-corrected chi connectivity index (χ0v) is 7.94. The average Bonchev–Trinajstić information content (AvgIpc) is 2.51. The Balaban J connectivity index is 2.09. The van der Waals surface area contributed by atoms with E-state index in [0.717, 1.165) is 13.1 Å². The van der Waals surface area contributed by atoms with E-state index in [1.165, 1.54) is 13.0 Å². The summed E-state index contributed by atoms with van der Waals surface area (Å²) in [7, 11) is 0. The molecule has 1 aliphatic rings. The molecule has 0 saturated carbocycles. The maximum atomic E-state index is 3.76. The highest BCUT2D eigenvalue weighted by Gasteiger charge is 2.15. The maximum Gasteiger partial charge on any atom is 0.0334 e. The molecule has 2 heterocycles. The van der Waals surface area contributed by atoms with Gasteiger partial charge in [0.1, 0.15) is 0 Å². The third-order valence-corrected chi connectivity index (χ3v) is 3.24. The van der Waals surface area contributed by atoms with Gasteiger partial charge in [-0.05, 0) is 23.4 Å². The van der Waals surface area contributed by atoms with Gasteiger partial charge < -0.3 is 0 Å². The van der Waals surface area contributed by atoms with E-state index < -0.39 is 0 Å². The third-order valence-electron chi connectivity index (χ3n) is 2.29. The molecular weight excluding hydrogens is 166 g/mol. The van der Waals surface area contributed by atoms with E-state index in [1.807, 2.05) is 17.4 Å². The van der Waals surface area contributed by atoms with Crippen molar-refractivity contribution in [3.05, 3.63) is 34.5 Å². The number of nitrogens with zero attached hydrogens (tertiary/aromatic N) is 1. The molecule has 2 rings (SSSR count).